The largest absolute Gasteiger partial charge is 0.443 e. The monoisotopic (exact) mass is 299 g/mol. The molecule has 4 heteroatoms. The van der Waals surface area contributed by atoms with Crippen molar-refractivity contribution in [1.29, 1.82) is 0 Å². The van der Waals surface area contributed by atoms with Crippen LogP contribution >= 0.6 is 0 Å². The molecule has 0 spiro atoms. The number of oxazole rings is 1. The van der Waals surface area contributed by atoms with E-state index in [0.29, 0.717) is 5.89 Å². The molecule has 0 fully saturated rings. The molecule has 0 amide bonds. The highest BCUT2D eigenvalue weighted by atomic mass is 16.3. The number of H-pyrrole nitrogens is 2. The van der Waals surface area contributed by atoms with Crippen molar-refractivity contribution in [3.63, 3.8) is 0 Å². The minimum Gasteiger partial charge on any atom is -0.443 e. The second kappa shape index (κ2) is 4.61. The third kappa shape index (κ3) is 1.96. The highest BCUT2D eigenvalue weighted by Gasteiger charge is 2.12. The molecule has 2 N–H and O–H groups in total. The molecule has 2 aromatic carbocycles. The summed E-state index contributed by atoms with van der Waals surface area (Å²) in [5, 5.41) is 2.31. The molecule has 4 nitrogen and oxygen atoms in total. The molecule has 0 aliphatic heterocycles. The number of fused-ring (bicyclic) bond motifs is 2. The van der Waals surface area contributed by atoms with Crippen LogP contribution < -0.4 is 0 Å². The zero-order valence-corrected chi connectivity index (χ0v) is 12.2. The molecule has 23 heavy (non-hydrogen) atoms. The SMILES string of the molecule is c1ccc2[nH]c(-c3coc(-c4cc5ccccc5[nH]4)n3)cc2c1. The van der Waals surface area contributed by atoms with Gasteiger partial charge in [-0.05, 0) is 24.3 Å². The van der Waals surface area contributed by atoms with Gasteiger partial charge in [-0.1, -0.05) is 36.4 Å². The number of benzene rings is 2. The summed E-state index contributed by atoms with van der Waals surface area (Å²) in [6.45, 7) is 0. The first-order valence-corrected chi connectivity index (χ1v) is 7.49. The standard InChI is InChI=1S/C19H13N3O/c1-3-7-14-12(5-1)9-16(20-14)18-11-23-19(22-18)17-10-13-6-2-4-8-15(13)21-17/h1-11,20-21H. The molecule has 0 bridgehead atoms. The minimum atomic E-state index is 0.592. The molecule has 3 aromatic heterocycles. The normalized spacial score (nSPS) is 11.5. The van der Waals surface area contributed by atoms with Gasteiger partial charge in [-0.3, -0.25) is 0 Å². The molecule has 0 saturated heterocycles. The van der Waals surface area contributed by atoms with Crippen molar-refractivity contribution >= 4 is 21.8 Å². The van der Waals surface area contributed by atoms with Gasteiger partial charge in [0.2, 0.25) is 5.89 Å². The van der Waals surface area contributed by atoms with Crippen molar-refractivity contribution in [1.82, 2.24) is 15.0 Å². The molecule has 0 saturated carbocycles. The van der Waals surface area contributed by atoms with Gasteiger partial charge in [0.1, 0.15) is 17.7 Å². The van der Waals surface area contributed by atoms with Crippen LogP contribution in [0.1, 0.15) is 0 Å². The lowest BCUT2D eigenvalue weighted by molar-refractivity contribution is 0.573. The molecule has 3 heterocycles. The molecule has 110 valence electrons. The lowest BCUT2D eigenvalue weighted by Gasteiger charge is -1.89. The lowest BCUT2D eigenvalue weighted by atomic mass is 10.2. The zero-order chi connectivity index (χ0) is 15.2. The van der Waals surface area contributed by atoms with Gasteiger partial charge in [-0.25, -0.2) is 4.98 Å². The van der Waals surface area contributed by atoms with E-state index in [1.54, 1.807) is 6.26 Å². The predicted molar refractivity (Wildman–Crippen MR) is 91.1 cm³/mol. The summed E-state index contributed by atoms with van der Waals surface area (Å²) in [5.41, 5.74) is 4.81. The number of para-hydroxylation sites is 2. The van der Waals surface area contributed by atoms with Crippen molar-refractivity contribution in [3.05, 3.63) is 66.9 Å². The molecular formula is C19H13N3O. The average molecular weight is 299 g/mol. The fraction of sp³-hybridized carbons (Fsp3) is 0. The van der Waals surface area contributed by atoms with Gasteiger partial charge in [0.25, 0.3) is 0 Å². The Bertz CT molecular complexity index is 975. The maximum Gasteiger partial charge on any atom is 0.243 e. The van der Waals surface area contributed by atoms with E-state index in [1.165, 1.54) is 0 Å². The summed E-state index contributed by atoms with van der Waals surface area (Å²) in [4.78, 5) is 11.3. The number of hydrogen-bond donors (Lipinski definition) is 2. The van der Waals surface area contributed by atoms with E-state index in [-0.39, 0.29) is 0 Å². The third-order valence-corrected chi connectivity index (χ3v) is 4.07. The van der Waals surface area contributed by atoms with Crippen molar-refractivity contribution in [2.75, 3.05) is 0 Å². The van der Waals surface area contributed by atoms with Crippen LogP contribution in [0.2, 0.25) is 0 Å². The maximum atomic E-state index is 5.67. The van der Waals surface area contributed by atoms with Crippen molar-refractivity contribution in [2.45, 2.75) is 0 Å². The summed E-state index contributed by atoms with van der Waals surface area (Å²) in [6.07, 6.45) is 1.69. The summed E-state index contributed by atoms with van der Waals surface area (Å²) >= 11 is 0. The molecule has 0 aliphatic rings. The summed E-state index contributed by atoms with van der Waals surface area (Å²) in [5.74, 6) is 0.592. The Labute approximate surface area is 131 Å². The van der Waals surface area contributed by atoms with E-state index < -0.39 is 0 Å². The minimum absolute atomic E-state index is 0.592. The number of nitrogens with zero attached hydrogens (tertiary/aromatic N) is 1. The number of hydrogen-bond acceptors (Lipinski definition) is 2. The quantitative estimate of drug-likeness (QED) is 0.483. The van der Waals surface area contributed by atoms with Crippen molar-refractivity contribution in [2.24, 2.45) is 0 Å². The Morgan fingerprint density at radius 2 is 1.35 bits per heavy atom. The Balaban J connectivity index is 1.59. The van der Waals surface area contributed by atoms with Crippen molar-refractivity contribution < 1.29 is 4.42 Å². The fourth-order valence-electron chi connectivity index (χ4n) is 2.92. The van der Waals surface area contributed by atoms with Crippen LogP contribution in [0, 0.1) is 0 Å². The predicted octanol–water partition coefficient (Wildman–Crippen LogP) is 4.97. The first-order valence-electron chi connectivity index (χ1n) is 7.49. The molecule has 0 atom stereocenters. The van der Waals surface area contributed by atoms with Gasteiger partial charge >= 0.3 is 0 Å². The van der Waals surface area contributed by atoms with E-state index in [1.807, 2.05) is 30.3 Å². The van der Waals surface area contributed by atoms with Crippen LogP contribution in [0.15, 0.2) is 71.3 Å². The third-order valence-electron chi connectivity index (χ3n) is 4.07. The van der Waals surface area contributed by atoms with Gasteiger partial charge in [0, 0.05) is 21.8 Å². The lowest BCUT2D eigenvalue weighted by Crippen LogP contribution is -1.79. The van der Waals surface area contributed by atoms with Crippen molar-refractivity contribution in [3.8, 4) is 23.0 Å². The van der Waals surface area contributed by atoms with Crippen LogP contribution in [0.25, 0.3) is 44.8 Å². The average Bonchev–Trinajstić information content (AvgIpc) is 3.30. The van der Waals surface area contributed by atoms with Crippen LogP contribution in [-0.2, 0) is 0 Å². The number of aromatic nitrogens is 3. The molecule has 0 aliphatic carbocycles. The van der Waals surface area contributed by atoms with Gasteiger partial charge in [-0.2, -0.15) is 0 Å². The topological polar surface area (TPSA) is 57.6 Å². The Hall–Kier alpha value is -3.27. The first-order chi connectivity index (χ1) is 11.4. The smallest absolute Gasteiger partial charge is 0.243 e. The molecule has 5 rings (SSSR count). The van der Waals surface area contributed by atoms with Crippen LogP contribution in [0.5, 0.6) is 0 Å². The molecule has 0 unspecified atom stereocenters. The van der Waals surface area contributed by atoms with Crippen LogP contribution in [-0.4, -0.2) is 15.0 Å². The summed E-state index contributed by atoms with van der Waals surface area (Å²) in [7, 11) is 0. The van der Waals surface area contributed by atoms with E-state index in [4.69, 9.17) is 4.42 Å². The highest BCUT2D eigenvalue weighted by Crippen LogP contribution is 2.28. The molecule has 0 radical (unpaired) electrons. The maximum absolute atomic E-state index is 5.67. The number of rotatable bonds is 2. The Morgan fingerprint density at radius 1 is 0.739 bits per heavy atom. The van der Waals surface area contributed by atoms with Gasteiger partial charge < -0.3 is 14.4 Å². The zero-order valence-electron chi connectivity index (χ0n) is 12.2. The van der Waals surface area contributed by atoms with Gasteiger partial charge in [0.05, 0.1) is 5.69 Å². The second-order valence-electron chi connectivity index (χ2n) is 5.58. The first kappa shape index (κ1) is 12.3. The van der Waals surface area contributed by atoms with E-state index in [9.17, 15) is 0 Å². The Kier molecular flexibility index (Phi) is 2.46. The van der Waals surface area contributed by atoms with E-state index in [2.05, 4.69) is 45.3 Å². The number of aromatic amines is 2. The second-order valence-corrected chi connectivity index (χ2v) is 5.58. The van der Waals surface area contributed by atoms with E-state index in [0.717, 1.165) is 38.9 Å². The molecule has 5 aromatic rings. The van der Waals surface area contributed by atoms with E-state index >= 15 is 0 Å². The molecular weight excluding hydrogens is 286 g/mol. The Morgan fingerprint density at radius 3 is 2.04 bits per heavy atom. The summed E-state index contributed by atoms with van der Waals surface area (Å²) < 4.78 is 5.67. The van der Waals surface area contributed by atoms with Gasteiger partial charge in [-0.15, -0.1) is 0 Å². The van der Waals surface area contributed by atoms with Crippen LogP contribution in [0.3, 0.4) is 0 Å². The highest BCUT2D eigenvalue weighted by molar-refractivity contribution is 5.86. The van der Waals surface area contributed by atoms with Crippen LogP contribution in [0.4, 0.5) is 0 Å². The van der Waals surface area contributed by atoms with Gasteiger partial charge in [0.15, 0.2) is 0 Å². The number of nitrogens with one attached hydrogen (secondary N) is 2. The summed E-state index contributed by atoms with van der Waals surface area (Å²) in [6, 6.07) is 20.4. The fourth-order valence-corrected chi connectivity index (χ4v) is 2.92.